The van der Waals surface area contributed by atoms with Crippen LogP contribution in [-0.4, -0.2) is 18.0 Å². The highest BCUT2D eigenvalue weighted by Crippen LogP contribution is 2.26. The van der Waals surface area contributed by atoms with E-state index in [2.05, 4.69) is 10.3 Å². The second kappa shape index (κ2) is 6.78. The Morgan fingerprint density at radius 3 is 2.76 bits per heavy atom. The fourth-order valence-corrected chi connectivity index (χ4v) is 2.48. The van der Waals surface area contributed by atoms with Crippen molar-refractivity contribution in [2.45, 2.75) is 13.3 Å². The van der Waals surface area contributed by atoms with E-state index in [0.717, 1.165) is 11.1 Å². The molecule has 110 valence electrons. The Morgan fingerprint density at radius 2 is 2.10 bits per heavy atom. The first kappa shape index (κ1) is 15.6. The first-order valence-electron chi connectivity index (χ1n) is 6.25. The summed E-state index contributed by atoms with van der Waals surface area (Å²) in [5, 5.41) is 3.23. The summed E-state index contributed by atoms with van der Waals surface area (Å²) in [6.07, 6.45) is 0.218. The molecule has 21 heavy (non-hydrogen) atoms. The average molecular weight is 325 g/mol. The van der Waals surface area contributed by atoms with E-state index < -0.39 is 0 Å². The number of pyridine rings is 1. The Morgan fingerprint density at radius 1 is 1.33 bits per heavy atom. The number of ether oxygens (including phenoxy) is 1. The molecule has 0 aliphatic rings. The van der Waals surface area contributed by atoms with Gasteiger partial charge in [-0.3, -0.25) is 4.79 Å². The molecule has 0 aliphatic heterocycles. The summed E-state index contributed by atoms with van der Waals surface area (Å²) in [4.78, 5) is 16.0. The van der Waals surface area contributed by atoms with E-state index in [0.29, 0.717) is 16.6 Å². The summed E-state index contributed by atoms with van der Waals surface area (Å²) in [7, 11) is 1.59. The fourth-order valence-electron chi connectivity index (χ4n) is 1.90. The molecule has 0 unspecified atom stereocenters. The minimum absolute atomic E-state index is 0.180. The number of anilines is 1. The summed E-state index contributed by atoms with van der Waals surface area (Å²) in [6, 6.07) is 8.98. The lowest BCUT2D eigenvalue weighted by atomic mass is 10.1. The number of benzene rings is 1. The fraction of sp³-hybridized carbons (Fsp3) is 0.200. The van der Waals surface area contributed by atoms with Gasteiger partial charge in [0.25, 0.3) is 0 Å². The van der Waals surface area contributed by atoms with Crippen molar-refractivity contribution < 1.29 is 9.53 Å². The molecule has 1 N–H and O–H groups in total. The van der Waals surface area contributed by atoms with Gasteiger partial charge in [0, 0.05) is 0 Å². The lowest BCUT2D eigenvalue weighted by Crippen LogP contribution is -2.16. The standard InChI is InChI=1S/C15H14Cl2N2O2/c1-9-6-12(16)18-15(17)14(9)19-13(20)8-10-4-3-5-11(7-10)21-2/h3-7H,8H2,1-2H3,(H,19,20). The number of amides is 1. The Kier molecular flexibility index (Phi) is 5.04. The molecule has 0 atom stereocenters. The summed E-state index contributed by atoms with van der Waals surface area (Å²) >= 11 is 11.8. The topological polar surface area (TPSA) is 51.2 Å². The van der Waals surface area contributed by atoms with Crippen LogP contribution in [0.2, 0.25) is 10.3 Å². The van der Waals surface area contributed by atoms with Crippen molar-refractivity contribution in [2.24, 2.45) is 0 Å². The smallest absolute Gasteiger partial charge is 0.228 e. The number of aryl methyl sites for hydroxylation is 1. The maximum Gasteiger partial charge on any atom is 0.228 e. The second-order valence-corrected chi connectivity index (χ2v) is 5.25. The molecule has 1 aromatic heterocycles. The minimum Gasteiger partial charge on any atom is -0.497 e. The van der Waals surface area contributed by atoms with Gasteiger partial charge in [0.2, 0.25) is 5.91 Å². The number of hydrogen-bond donors (Lipinski definition) is 1. The molecule has 0 bridgehead atoms. The Hall–Kier alpha value is -1.78. The number of methoxy groups -OCH3 is 1. The third-order valence-electron chi connectivity index (χ3n) is 2.90. The zero-order valence-corrected chi connectivity index (χ0v) is 13.1. The van der Waals surface area contributed by atoms with Crippen molar-refractivity contribution in [1.82, 2.24) is 4.98 Å². The molecule has 0 saturated heterocycles. The normalized spacial score (nSPS) is 10.3. The first-order valence-corrected chi connectivity index (χ1v) is 7.00. The molecule has 4 nitrogen and oxygen atoms in total. The van der Waals surface area contributed by atoms with Crippen molar-refractivity contribution >= 4 is 34.8 Å². The van der Waals surface area contributed by atoms with E-state index in [1.165, 1.54) is 0 Å². The van der Waals surface area contributed by atoms with Gasteiger partial charge in [-0.15, -0.1) is 0 Å². The van der Waals surface area contributed by atoms with E-state index >= 15 is 0 Å². The Bertz CT molecular complexity index is 651. The van der Waals surface area contributed by atoms with Crippen LogP contribution < -0.4 is 10.1 Å². The van der Waals surface area contributed by atoms with Crippen molar-refractivity contribution in [2.75, 3.05) is 12.4 Å². The highest BCUT2D eigenvalue weighted by atomic mass is 35.5. The third-order valence-corrected chi connectivity index (χ3v) is 3.37. The van der Waals surface area contributed by atoms with E-state index in [-0.39, 0.29) is 17.5 Å². The van der Waals surface area contributed by atoms with Gasteiger partial charge in [-0.1, -0.05) is 35.3 Å². The molecule has 1 heterocycles. The van der Waals surface area contributed by atoms with Gasteiger partial charge >= 0.3 is 0 Å². The van der Waals surface area contributed by atoms with Crippen molar-refractivity contribution in [3.63, 3.8) is 0 Å². The van der Waals surface area contributed by atoms with Gasteiger partial charge in [0.1, 0.15) is 10.9 Å². The SMILES string of the molecule is COc1cccc(CC(=O)Nc2c(C)cc(Cl)nc2Cl)c1. The largest absolute Gasteiger partial charge is 0.497 e. The van der Waals surface area contributed by atoms with Crippen LogP contribution in [0.25, 0.3) is 0 Å². The van der Waals surface area contributed by atoms with Crippen LogP contribution in [0.3, 0.4) is 0 Å². The molecule has 0 saturated carbocycles. The minimum atomic E-state index is -0.183. The van der Waals surface area contributed by atoms with Crippen LogP contribution in [0.5, 0.6) is 5.75 Å². The van der Waals surface area contributed by atoms with Gasteiger partial charge in [0.15, 0.2) is 5.15 Å². The van der Waals surface area contributed by atoms with E-state index in [1.807, 2.05) is 24.3 Å². The summed E-state index contributed by atoms with van der Waals surface area (Å²) < 4.78 is 5.13. The monoisotopic (exact) mass is 324 g/mol. The molecule has 0 spiro atoms. The zero-order valence-electron chi connectivity index (χ0n) is 11.6. The Balaban J connectivity index is 2.12. The predicted octanol–water partition coefficient (Wildman–Crippen LogP) is 3.89. The van der Waals surface area contributed by atoms with Gasteiger partial charge in [-0.25, -0.2) is 4.98 Å². The number of nitrogens with zero attached hydrogens (tertiary/aromatic N) is 1. The van der Waals surface area contributed by atoms with Crippen molar-refractivity contribution in [1.29, 1.82) is 0 Å². The maximum absolute atomic E-state index is 12.1. The molecule has 6 heteroatoms. The number of halogens is 2. The second-order valence-electron chi connectivity index (χ2n) is 4.50. The number of carbonyl (C=O) groups excluding carboxylic acids is 1. The lowest BCUT2D eigenvalue weighted by molar-refractivity contribution is -0.115. The molecule has 0 radical (unpaired) electrons. The van der Waals surface area contributed by atoms with E-state index in [1.54, 1.807) is 20.1 Å². The lowest BCUT2D eigenvalue weighted by Gasteiger charge is -2.10. The van der Waals surface area contributed by atoms with Gasteiger partial charge in [0.05, 0.1) is 19.2 Å². The molecule has 0 fully saturated rings. The van der Waals surface area contributed by atoms with Crippen LogP contribution in [0.4, 0.5) is 5.69 Å². The Labute approximate surface area is 133 Å². The van der Waals surface area contributed by atoms with Crippen molar-refractivity contribution in [3.05, 3.63) is 51.8 Å². The van der Waals surface area contributed by atoms with Crippen LogP contribution in [0, 0.1) is 6.92 Å². The van der Waals surface area contributed by atoms with Gasteiger partial charge < -0.3 is 10.1 Å². The van der Waals surface area contributed by atoms with Crippen LogP contribution >= 0.6 is 23.2 Å². The molecule has 2 rings (SSSR count). The molecular formula is C15H14Cl2N2O2. The van der Waals surface area contributed by atoms with Gasteiger partial charge in [-0.05, 0) is 36.2 Å². The van der Waals surface area contributed by atoms with Crippen LogP contribution in [0.15, 0.2) is 30.3 Å². The highest BCUT2D eigenvalue weighted by Gasteiger charge is 2.12. The number of hydrogen-bond acceptors (Lipinski definition) is 3. The molecule has 0 aliphatic carbocycles. The third kappa shape index (κ3) is 4.09. The molecule has 1 aromatic carbocycles. The van der Waals surface area contributed by atoms with Crippen LogP contribution in [0.1, 0.15) is 11.1 Å². The van der Waals surface area contributed by atoms with Gasteiger partial charge in [-0.2, -0.15) is 0 Å². The number of nitrogens with one attached hydrogen (secondary N) is 1. The average Bonchev–Trinajstić information content (AvgIpc) is 2.43. The summed E-state index contributed by atoms with van der Waals surface area (Å²) in [5.41, 5.74) is 2.09. The maximum atomic E-state index is 12.1. The highest BCUT2D eigenvalue weighted by molar-refractivity contribution is 6.34. The zero-order chi connectivity index (χ0) is 15.4. The summed E-state index contributed by atoms with van der Waals surface area (Å²) in [6.45, 7) is 1.81. The summed E-state index contributed by atoms with van der Waals surface area (Å²) in [5.74, 6) is 0.528. The molecule has 2 aromatic rings. The molecular weight excluding hydrogens is 311 g/mol. The number of rotatable bonds is 4. The van der Waals surface area contributed by atoms with E-state index in [9.17, 15) is 4.79 Å². The van der Waals surface area contributed by atoms with E-state index in [4.69, 9.17) is 27.9 Å². The number of aromatic nitrogens is 1. The van der Waals surface area contributed by atoms with Crippen molar-refractivity contribution in [3.8, 4) is 5.75 Å². The number of carbonyl (C=O) groups is 1. The first-order chi connectivity index (χ1) is 9.99. The predicted molar refractivity (Wildman–Crippen MR) is 84.3 cm³/mol. The van der Waals surface area contributed by atoms with Crippen LogP contribution in [-0.2, 0) is 11.2 Å². The quantitative estimate of drug-likeness (QED) is 0.868. The molecule has 1 amide bonds.